The van der Waals surface area contributed by atoms with Crippen molar-refractivity contribution in [3.8, 4) is 0 Å². The first-order valence-corrected chi connectivity index (χ1v) is 22.1. The molecule has 0 amide bonds. The minimum Gasteiger partial charge on any atom is -0.380 e. The van der Waals surface area contributed by atoms with Gasteiger partial charge < -0.3 is 31.3 Å². The predicted octanol–water partition coefficient (Wildman–Crippen LogP) is 8.77. The highest BCUT2D eigenvalue weighted by molar-refractivity contribution is 5.39. The quantitative estimate of drug-likeness (QED) is 0.0876. The summed E-state index contributed by atoms with van der Waals surface area (Å²) in [5, 5.41) is 44.8. The van der Waals surface area contributed by atoms with E-state index in [-0.39, 0.29) is 17.8 Å². The number of benzene rings is 6. The van der Waals surface area contributed by atoms with Crippen molar-refractivity contribution in [2.75, 3.05) is 39.3 Å². The Kier molecular flexibility index (Phi) is 15.1. The summed E-state index contributed by atoms with van der Waals surface area (Å²) in [7, 11) is 0. The van der Waals surface area contributed by atoms with Gasteiger partial charge in [0.15, 0.2) is 0 Å². The molecule has 0 bridgehead atoms. The summed E-state index contributed by atoms with van der Waals surface area (Å²) in [5.41, 5.74) is 3.34. The second-order valence-electron chi connectivity index (χ2n) is 16.6. The molecule has 6 heteroatoms. The van der Waals surface area contributed by atoms with Crippen LogP contribution < -0.4 is 16.0 Å². The zero-order valence-corrected chi connectivity index (χ0v) is 34.9. The third-order valence-corrected chi connectivity index (χ3v) is 13.1. The summed E-state index contributed by atoms with van der Waals surface area (Å²) in [5.74, 6) is 0.774. The number of hydrogen-bond donors (Lipinski definition) is 6. The largest absolute Gasteiger partial charge is 0.380 e. The average Bonchev–Trinajstić information content (AvgIpc) is 3.36. The fourth-order valence-corrected chi connectivity index (χ4v) is 9.79. The molecule has 3 fully saturated rings. The number of nitrogens with one attached hydrogen (secondary N) is 3. The van der Waals surface area contributed by atoms with Crippen LogP contribution in [0.2, 0.25) is 0 Å². The first kappa shape index (κ1) is 43.2. The van der Waals surface area contributed by atoms with Crippen molar-refractivity contribution in [2.45, 2.75) is 55.3 Å². The van der Waals surface area contributed by atoms with Gasteiger partial charge in [0.1, 0.15) is 16.8 Å². The molecule has 3 aliphatic rings. The number of piperidine rings is 3. The highest BCUT2D eigenvalue weighted by atomic mass is 16.3. The van der Waals surface area contributed by atoms with Crippen molar-refractivity contribution in [1.82, 2.24) is 16.0 Å². The van der Waals surface area contributed by atoms with Gasteiger partial charge in [0.25, 0.3) is 0 Å². The molecule has 0 aromatic heterocycles. The summed E-state index contributed by atoms with van der Waals surface area (Å²) in [4.78, 5) is 0. The molecule has 6 aromatic carbocycles. The Labute approximate surface area is 357 Å². The summed E-state index contributed by atoms with van der Waals surface area (Å²) >= 11 is 0. The van der Waals surface area contributed by atoms with Gasteiger partial charge in [-0.3, -0.25) is 0 Å². The van der Waals surface area contributed by atoms with Crippen LogP contribution in [0, 0.1) is 17.8 Å². The van der Waals surface area contributed by atoms with Gasteiger partial charge >= 0.3 is 0 Å². The second kappa shape index (κ2) is 21.0. The van der Waals surface area contributed by atoms with Crippen LogP contribution in [0.4, 0.5) is 0 Å². The van der Waals surface area contributed by atoms with Crippen LogP contribution in [0.15, 0.2) is 182 Å². The molecule has 60 heavy (non-hydrogen) atoms. The maximum absolute atomic E-state index is 11.6. The summed E-state index contributed by atoms with van der Waals surface area (Å²) in [6.45, 7) is 5.87. The first-order valence-electron chi connectivity index (χ1n) is 22.1. The SMILES string of the molecule is OC(c1ccccc1)(c1ccccc1)C1CCNCC1.OC(c1ccccc1)(c1ccccc1)C1CCNCC1.OC(c1ccccc1)(c1ccccc1)C1CCNCC1. The molecule has 0 radical (unpaired) electrons. The van der Waals surface area contributed by atoms with E-state index in [4.69, 9.17) is 0 Å². The zero-order valence-electron chi connectivity index (χ0n) is 34.9. The Bertz CT molecular complexity index is 1720. The molecule has 6 N–H and O–H groups in total. The fraction of sp³-hybridized carbons (Fsp3) is 0.333. The molecule has 3 aliphatic heterocycles. The van der Waals surface area contributed by atoms with Gasteiger partial charge in [-0.1, -0.05) is 182 Å². The van der Waals surface area contributed by atoms with E-state index >= 15 is 0 Å². The first-order chi connectivity index (χ1) is 29.4. The minimum absolute atomic E-state index is 0.258. The molecule has 6 nitrogen and oxygen atoms in total. The normalized spacial score (nSPS) is 17.1. The lowest BCUT2D eigenvalue weighted by Gasteiger charge is -2.39. The molecule has 3 heterocycles. The molecule has 9 rings (SSSR count). The molecule has 0 aliphatic carbocycles. The van der Waals surface area contributed by atoms with E-state index < -0.39 is 16.8 Å². The van der Waals surface area contributed by atoms with Crippen LogP contribution in [-0.2, 0) is 16.8 Å². The third kappa shape index (κ3) is 9.82. The van der Waals surface area contributed by atoms with Gasteiger partial charge in [0.2, 0.25) is 0 Å². The summed E-state index contributed by atoms with van der Waals surface area (Å²) in [6, 6.07) is 60.5. The fourth-order valence-electron chi connectivity index (χ4n) is 9.79. The van der Waals surface area contributed by atoms with Crippen LogP contribution in [-0.4, -0.2) is 54.6 Å². The number of rotatable bonds is 9. The topological polar surface area (TPSA) is 96.8 Å². The summed E-state index contributed by atoms with van der Waals surface area (Å²) < 4.78 is 0. The molecule has 6 aromatic rings. The lowest BCUT2D eigenvalue weighted by molar-refractivity contribution is 0.00219. The maximum atomic E-state index is 11.6. The predicted molar refractivity (Wildman–Crippen MR) is 244 cm³/mol. The van der Waals surface area contributed by atoms with Crippen LogP contribution in [0.3, 0.4) is 0 Å². The van der Waals surface area contributed by atoms with Gasteiger partial charge in [-0.15, -0.1) is 0 Å². The maximum Gasteiger partial charge on any atom is 0.117 e. The van der Waals surface area contributed by atoms with Crippen molar-refractivity contribution in [2.24, 2.45) is 17.8 Å². The van der Waals surface area contributed by atoms with Gasteiger partial charge in [-0.25, -0.2) is 0 Å². The lowest BCUT2D eigenvalue weighted by Crippen LogP contribution is -2.42. The molecule has 0 unspecified atom stereocenters. The molecule has 0 atom stereocenters. The Morgan fingerprint density at radius 2 is 0.417 bits per heavy atom. The van der Waals surface area contributed by atoms with Crippen molar-refractivity contribution >= 4 is 0 Å². The van der Waals surface area contributed by atoms with Gasteiger partial charge in [-0.2, -0.15) is 0 Å². The minimum atomic E-state index is -0.884. The summed E-state index contributed by atoms with van der Waals surface area (Å²) in [6.07, 6.45) is 6.00. The smallest absolute Gasteiger partial charge is 0.117 e. The van der Waals surface area contributed by atoms with E-state index in [0.717, 1.165) is 111 Å². The second-order valence-corrected chi connectivity index (χ2v) is 16.6. The Morgan fingerprint density at radius 3 is 0.567 bits per heavy atom. The van der Waals surface area contributed by atoms with E-state index in [1.165, 1.54) is 0 Å². The Hall–Kier alpha value is -4.92. The van der Waals surface area contributed by atoms with E-state index in [2.05, 4.69) is 16.0 Å². The van der Waals surface area contributed by atoms with E-state index in [9.17, 15) is 15.3 Å². The molecule has 0 spiro atoms. The van der Waals surface area contributed by atoms with E-state index in [1.54, 1.807) is 0 Å². The van der Waals surface area contributed by atoms with Crippen LogP contribution in [0.5, 0.6) is 0 Å². The number of hydrogen-bond acceptors (Lipinski definition) is 6. The van der Waals surface area contributed by atoms with E-state index in [1.807, 2.05) is 182 Å². The van der Waals surface area contributed by atoms with Crippen LogP contribution >= 0.6 is 0 Å². The molecular formula is C54H63N3O3. The van der Waals surface area contributed by atoms with E-state index in [0.29, 0.717) is 0 Å². The van der Waals surface area contributed by atoms with Crippen molar-refractivity contribution < 1.29 is 15.3 Å². The standard InChI is InChI=1S/3C18H21NO/c3*20-18(15-7-3-1-4-8-15,16-9-5-2-6-10-16)17-11-13-19-14-12-17/h3*1-10,17,19-20H,11-14H2. The Morgan fingerprint density at radius 1 is 0.267 bits per heavy atom. The van der Waals surface area contributed by atoms with Crippen molar-refractivity contribution in [1.29, 1.82) is 0 Å². The van der Waals surface area contributed by atoms with Crippen LogP contribution in [0.25, 0.3) is 0 Å². The van der Waals surface area contributed by atoms with Gasteiger partial charge in [-0.05, 0) is 129 Å². The van der Waals surface area contributed by atoms with Gasteiger partial charge in [0, 0.05) is 0 Å². The highest BCUT2D eigenvalue weighted by Gasteiger charge is 2.42. The van der Waals surface area contributed by atoms with Gasteiger partial charge in [0.05, 0.1) is 0 Å². The highest BCUT2D eigenvalue weighted by Crippen LogP contribution is 2.43. The number of aliphatic hydroxyl groups is 3. The van der Waals surface area contributed by atoms with Crippen molar-refractivity contribution in [3.05, 3.63) is 215 Å². The molecular weight excluding hydrogens is 739 g/mol. The Balaban J connectivity index is 0.000000136. The lowest BCUT2D eigenvalue weighted by atomic mass is 9.72. The average molecular weight is 802 g/mol. The van der Waals surface area contributed by atoms with Crippen molar-refractivity contribution in [3.63, 3.8) is 0 Å². The van der Waals surface area contributed by atoms with Crippen LogP contribution in [0.1, 0.15) is 71.9 Å². The molecule has 0 saturated carbocycles. The third-order valence-electron chi connectivity index (χ3n) is 13.1. The zero-order chi connectivity index (χ0) is 41.5. The molecule has 312 valence electrons. The monoisotopic (exact) mass is 801 g/mol. The molecule has 3 saturated heterocycles.